The molecular formula is C10H7F5N2O5. The minimum absolute atomic E-state index is 0.206. The Hall–Kier alpha value is -2.53. The largest absolute Gasteiger partial charge is 0.574 e. The molecule has 0 unspecified atom stereocenters. The molecule has 1 aromatic rings. The summed E-state index contributed by atoms with van der Waals surface area (Å²) in [6.07, 6.45) is -9.69. The maximum atomic E-state index is 12.9. The number of pyridine rings is 1. The molecular weight excluding hydrogens is 323 g/mol. The Balaban J connectivity index is 3.46. The summed E-state index contributed by atoms with van der Waals surface area (Å²) >= 11 is 0. The molecule has 0 aliphatic heterocycles. The molecule has 122 valence electrons. The number of halogens is 5. The molecule has 0 aliphatic rings. The predicted octanol–water partition coefficient (Wildman–Crippen LogP) is 2.54. The summed E-state index contributed by atoms with van der Waals surface area (Å²) in [4.78, 5) is 23.6. The predicted molar refractivity (Wildman–Crippen MR) is 58.3 cm³/mol. The van der Waals surface area contributed by atoms with Crippen LogP contribution < -0.4 is 4.74 Å². The Bertz CT molecular complexity index is 590. The Labute approximate surface area is 118 Å². The molecule has 1 heterocycles. The van der Waals surface area contributed by atoms with Crippen molar-refractivity contribution in [2.45, 2.75) is 19.2 Å². The molecule has 0 bridgehead atoms. The molecule has 0 amide bonds. The molecule has 0 aliphatic carbocycles. The zero-order valence-corrected chi connectivity index (χ0v) is 10.7. The second-order valence-corrected chi connectivity index (χ2v) is 3.70. The third-order valence-electron chi connectivity index (χ3n) is 2.28. The molecule has 22 heavy (non-hydrogen) atoms. The van der Waals surface area contributed by atoms with Crippen LogP contribution in [0.3, 0.4) is 0 Å². The van der Waals surface area contributed by atoms with Crippen LogP contribution >= 0.6 is 0 Å². The smallest absolute Gasteiger partial charge is 0.469 e. The number of hydrogen-bond acceptors (Lipinski definition) is 6. The van der Waals surface area contributed by atoms with Gasteiger partial charge in [0, 0.05) is 0 Å². The van der Waals surface area contributed by atoms with Gasteiger partial charge < -0.3 is 9.47 Å². The van der Waals surface area contributed by atoms with Crippen molar-refractivity contribution in [3.63, 3.8) is 0 Å². The Morgan fingerprint density at radius 3 is 2.45 bits per heavy atom. The molecule has 1 aromatic heterocycles. The lowest BCUT2D eigenvalue weighted by atomic mass is 10.1. The van der Waals surface area contributed by atoms with Gasteiger partial charge in [-0.2, -0.15) is 0 Å². The molecule has 0 spiro atoms. The molecule has 1 rings (SSSR count). The van der Waals surface area contributed by atoms with E-state index < -0.39 is 52.9 Å². The van der Waals surface area contributed by atoms with Gasteiger partial charge in [-0.05, 0) is 0 Å². The minimum atomic E-state index is -5.27. The van der Waals surface area contributed by atoms with E-state index in [0.29, 0.717) is 0 Å². The lowest BCUT2D eigenvalue weighted by molar-refractivity contribution is -0.386. The number of methoxy groups -OCH3 is 1. The van der Waals surface area contributed by atoms with Crippen LogP contribution in [0.4, 0.5) is 27.6 Å². The normalized spacial score (nSPS) is 11.4. The molecule has 0 aromatic carbocycles. The summed E-state index contributed by atoms with van der Waals surface area (Å²) in [6.45, 7) is 0. The fourth-order valence-corrected chi connectivity index (χ4v) is 1.47. The van der Waals surface area contributed by atoms with Gasteiger partial charge in [0.2, 0.25) is 5.88 Å². The number of alkyl halides is 5. The third-order valence-corrected chi connectivity index (χ3v) is 2.28. The molecule has 0 saturated heterocycles. The highest BCUT2D eigenvalue weighted by atomic mass is 19.4. The van der Waals surface area contributed by atoms with Crippen molar-refractivity contribution in [1.29, 1.82) is 0 Å². The molecule has 0 fully saturated rings. The van der Waals surface area contributed by atoms with Gasteiger partial charge >= 0.3 is 12.3 Å². The minimum Gasteiger partial charge on any atom is -0.469 e. The number of nitro groups is 1. The van der Waals surface area contributed by atoms with E-state index in [1.165, 1.54) is 0 Å². The van der Waals surface area contributed by atoms with Gasteiger partial charge in [-0.15, -0.1) is 13.2 Å². The van der Waals surface area contributed by atoms with Gasteiger partial charge in [0.1, 0.15) is 5.69 Å². The fourth-order valence-electron chi connectivity index (χ4n) is 1.47. The van der Waals surface area contributed by atoms with Gasteiger partial charge in [-0.25, -0.2) is 13.8 Å². The van der Waals surface area contributed by atoms with Crippen molar-refractivity contribution >= 4 is 11.7 Å². The maximum absolute atomic E-state index is 12.9. The number of nitrogens with zero attached hydrogens (tertiary/aromatic N) is 2. The second-order valence-electron chi connectivity index (χ2n) is 3.70. The van der Waals surface area contributed by atoms with E-state index in [9.17, 15) is 36.9 Å². The summed E-state index contributed by atoms with van der Waals surface area (Å²) in [5.74, 6) is -2.53. The first-order valence-corrected chi connectivity index (χ1v) is 5.34. The molecule has 0 saturated carbocycles. The highest BCUT2D eigenvalue weighted by Crippen LogP contribution is 2.34. The van der Waals surface area contributed by atoms with Gasteiger partial charge in [-0.3, -0.25) is 14.9 Å². The molecule has 7 nitrogen and oxygen atoms in total. The van der Waals surface area contributed by atoms with Crippen molar-refractivity contribution in [2.75, 3.05) is 7.11 Å². The summed E-state index contributed by atoms with van der Waals surface area (Å²) < 4.78 is 69.5. The standard InChI is InChI=1S/C10H7F5N2O5/c1-21-7(18)2-4-5(17(19)20)3-6(22-10(13,14)15)16-8(4)9(11)12/h3,9H,2H2,1H3. The summed E-state index contributed by atoms with van der Waals surface area (Å²) in [5.41, 5.74) is -3.37. The topological polar surface area (TPSA) is 91.6 Å². The van der Waals surface area contributed by atoms with Crippen LogP contribution in [0.5, 0.6) is 5.88 Å². The number of esters is 1. The monoisotopic (exact) mass is 330 g/mol. The molecule has 0 radical (unpaired) electrons. The molecule has 0 N–H and O–H groups in total. The average molecular weight is 330 g/mol. The Morgan fingerprint density at radius 2 is 2.05 bits per heavy atom. The average Bonchev–Trinajstić information content (AvgIpc) is 2.37. The first kappa shape index (κ1) is 17.5. The lowest BCUT2D eigenvalue weighted by Crippen LogP contribution is -2.19. The number of carbonyl (C=O) groups is 1. The maximum Gasteiger partial charge on any atom is 0.574 e. The van der Waals surface area contributed by atoms with Crippen LogP contribution in [0.15, 0.2) is 6.07 Å². The molecule has 0 atom stereocenters. The highest BCUT2D eigenvalue weighted by molar-refractivity contribution is 5.74. The second kappa shape index (κ2) is 6.49. The van der Waals surface area contributed by atoms with E-state index in [-0.39, 0.29) is 6.07 Å². The van der Waals surface area contributed by atoms with E-state index in [1.807, 2.05) is 0 Å². The Kier molecular flexibility index (Phi) is 5.17. The van der Waals surface area contributed by atoms with Gasteiger partial charge in [0.25, 0.3) is 12.1 Å². The van der Waals surface area contributed by atoms with Crippen LogP contribution in [0, 0.1) is 10.1 Å². The lowest BCUT2D eigenvalue weighted by Gasteiger charge is -2.12. The van der Waals surface area contributed by atoms with Crippen molar-refractivity contribution in [2.24, 2.45) is 0 Å². The van der Waals surface area contributed by atoms with E-state index >= 15 is 0 Å². The van der Waals surface area contributed by atoms with Crippen molar-refractivity contribution in [1.82, 2.24) is 4.98 Å². The highest BCUT2D eigenvalue weighted by Gasteiger charge is 2.35. The summed E-state index contributed by atoms with van der Waals surface area (Å²) in [5, 5.41) is 10.8. The van der Waals surface area contributed by atoms with E-state index in [0.717, 1.165) is 7.11 Å². The first-order valence-electron chi connectivity index (χ1n) is 5.34. The van der Waals surface area contributed by atoms with E-state index in [1.54, 1.807) is 0 Å². The quantitative estimate of drug-likeness (QED) is 0.357. The number of carbonyl (C=O) groups excluding carboxylic acids is 1. The fraction of sp³-hybridized carbons (Fsp3) is 0.400. The van der Waals surface area contributed by atoms with Crippen LogP contribution in [-0.4, -0.2) is 29.3 Å². The van der Waals surface area contributed by atoms with Crippen molar-refractivity contribution < 1.29 is 41.1 Å². The van der Waals surface area contributed by atoms with Crippen LogP contribution in [0.2, 0.25) is 0 Å². The van der Waals surface area contributed by atoms with Gasteiger partial charge in [0.15, 0.2) is 0 Å². The number of ether oxygens (including phenoxy) is 2. The number of aromatic nitrogens is 1. The van der Waals surface area contributed by atoms with E-state index in [2.05, 4.69) is 14.5 Å². The van der Waals surface area contributed by atoms with Gasteiger partial charge in [0.05, 0.1) is 30.1 Å². The molecule has 12 heteroatoms. The zero-order valence-electron chi connectivity index (χ0n) is 10.7. The number of hydrogen-bond donors (Lipinski definition) is 0. The van der Waals surface area contributed by atoms with Crippen LogP contribution in [0.1, 0.15) is 17.7 Å². The Morgan fingerprint density at radius 1 is 1.45 bits per heavy atom. The van der Waals surface area contributed by atoms with E-state index in [4.69, 9.17) is 0 Å². The van der Waals surface area contributed by atoms with Crippen molar-refractivity contribution in [3.8, 4) is 5.88 Å². The van der Waals surface area contributed by atoms with Crippen molar-refractivity contribution in [3.05, 3.63) is 27.4 Å². The van der Waals surface area contributed by atoms with Crippen LogP contribution in [-0.2, 0) is 16.0 Å². The third kappa shape index (κ3) is 4.49. The number of rotatable bonds is 5. The SMILES string of the molecule is COC(=O)Cc1c([N+](=O)[O-])cc(OC(F)(F)F)nc1C(F)F. The van der Waals surface area contributed by atoms with Crippen LogP contribution in [0.25, 0.3) is 0 Å². The first-order chi connectivity index (χ1) is 10.0. The summed E-state index contributed by atoms with van der Waals surface area (Å²) in [7, 11) is 0.908. The van der Waals surface area contributed by atoms with Gasteiger partial charge in [-0.1, -0.05) is 0 Å². The zero-order chi connectivity index (χ0) is 17.1. The summed E-state index contributed by atoms with van der Waals surface area (Å²) in [6, 6.07) is 0.206.